The van der Waals surface area contributed by atoms with E-state index in [1.807, 2.05) is 28.7 Å². The number of thioether (sulfide) groups is 1. The number of nitrogens with one attached hydrogen (secondary N) is 1. The van der Waals surface area contributed by atoms with E-state index in [1.165, 1.54) is 28.6 Å². The lowest BCUT2D eigenvalue weighted by Gasteiger charge is -2.17. The number of hydrogen-bond donors (Lipinski definition) is 1. The zero-order valence-electron chi connectivity index (χ0n) is 16.7. The van der Waals surface area contributed by atoms with E-state index in [-0.39, 0.29) is 11.7 Å². The van der Waals surface area contributed by atoms with Crippen molar-refractivity contribution in [3.05, 3.63) is 41.0 Å². The molecule has 0 fully saturated rings. The first-order chi connectivity index (χ1) is 14.6. The third-order valence-electron chi connectivity index (χ3n) is 5.39. The van der Waals surface area contributed by atoms with E-state index in [2.05, 4.69) is 27.4 Å². The minimum Gasteiger partial charge on any atom is -0.495 e. The Morgan fingerprint density at radius 1 is 1.37 bits per heavy atom. The SMILES string of the molecule is COc1ccccc1NC(=O)CSc1nnc2c3c4c(sc3ncn12)C[C@H](C)CC4. The fourth-order valence-electron chi connectivity index (χ4n) is 3.88. The van der Waals surface area contributed by atoms with Gasteiger partial charge in [0.2, 0.25) is 5.91 Å². The van der Waals surface area contributed by atoms with E-state index in [0.717, 1.165) is 28.7 Å². The molecule has 0 spiro atoms. The highest BCUT2D eigenvalue weighted by Gasteiger charge is 2.24. The van der Waals surface area contributed by atoms with Crippen molar-refractivity contribution in [3.63, 3.8) is 0 Å². The fraction of sp³-hybridized carbons (Fsp3) is 0.333. The van der Waals surface area contributed by atoms with Crippen LogP contribution < -0.4 is 10.1 Å². The number of aromatic nitrogens is 4. The fourth-order valence-corrected chi connectivity index (χ4v) is 5.93. The van der Waals surface area contributed by atoms with Crippen molar-refractivity contribution in [1.82, 2.24) is 19.6 Å². The van der Waals surface area contributed by atoms with E-state index in [1.54, 1.807) is 24.8 Å². The summed E-state index contributed by atoms with van der Waals surface area (Å²) >= 11 is 3.12. The Balaban J connectivity index is 1.38. The maximum absolute atomic E-state index is 12.4. The van der Waals surface area contributed by atoms with Crippen LogP contribution in [0.1, 0.15) is 23.8 Å². The number of para-hydroxylation sites is 2. The molecule has 30 heavy (non-hydrogen) atoms. The molecule has 1 aromatic carbocycles. The Bertz CT molecular complexity index is 1250. The maximum Gasteiger partial charge on any atom is 0.234 e. The highest BCUT2D eigenvalue weighted by molar-refractivity contribution is 7.99. The molecule has 0 radical (unpaired) electrons. The number of ether oxygens (including phenoxy) is 1. The summed E-state index contributed by atoms with van der Waals surface area (Å²) in [6.07, 6.45) is 5.14. The van der Waals surface area contributed by atoms with Crippen LogP contribution >= 0.6 is 23.1 Å². The Labute approximate surface area is 181 Å². The zero-order chi connectivity index (χ0) is 20.7. The zero-order valence-corrected chi connectivity index (χ0v) is 18.3. The number of anilines is 1. The Hall–Kier alpha value is -2.65. The third kappa shape index (κ3) is 3.41. The lowest BCUT2D eigenvalue weighted by Crippen LogP contribution is -2.15. The normalized spacial score (nSPS) is 16.0. The monoisotopic (exact) mass is 439 g/mol. The number of rotatable bonds is 5. The molecule has 0 aliphatic heterocycles. The molecule has 0 unspecified atom stereocenters. The molecule has 3 aromatic heterocycles. The number of fused-ring (bicyclic) bond motifs is 5. The summed E-state index contributed by atoms with van der Waals surface area (Å²) in [5, 5.41) is 13.5. The smallest absolute Gasteiger partial charge is 0.234 e. The first kappa shape index (κ1) is 19.3. The van der Waals surface area contributed by atoms with E-state index >= 15 is 0 Å². The van der Waals surface area contributed by atoms with Crippen LogP contribution in [0.25, 0.3) is 15.9 Å². The number of aryl methyl sites for hydroxylation is 1. The lowest BCUT2D eigenvalue weighted by molar-refractivity contribution is -0.113. The summed E-state index contributed by atoms with van der Waals surface area (Å²) in [6, 6.07) is 7.35. The number of nitrogens with zero attached hydrogens (tertiary/aromatic N) is 4. The van der Waals surface area contributed by atoms with Crippen molar-refractivity contribution >= 4 is 50.6 Å². The molecule has 1 aliphatic rings. The van der Waals surface area contributed by atoms with Gasteiger partial charge in [-0.15, -0.1) is 21.5 Å². The number of carbonyl (C=O) groups is 1. The minimum absolute atomic E-state index is 0.128. The lowest BCUT2D eigenvalue weighted by atomic mass is 9.89. The molecule has 7 nitrogen and oxygen atoms in total. The molecule has 1 amide bonds. The summed E-state index contributed by atoms with van der Waals surface area (Å²) < 4.78 is 7.18. The summed E-state index contributed by atoms with van der Waals surface area (Å²) in [7, 11) is 1.58. The average Bonchev–Trinajstić information content (AvgIpc) is 3.32. The molecular formula is C21H21N5O2S2. The summed E-state index contributed by atoms with van der Waals surface area (Å²) in [4.78, 5) is 19.6. The van der Waals surface area contributed by atoms with Gasteiger partial charge in [0.15, 0.2) is 10.8 Å². The van der Waals surface area contributed by atoms with Crippen LogP contribution in [0.15, 0.2) is 35.7 Å². The van der Waals surface area contributed by atoms with Gasteiger partial charge in [-0.2, -0.15) is 0 Å². The van der Waals surface area contributed by atoms with Gasteiger partial charge in [-0.05, 0) is 42.9 Å². The third-order valence-corrected chi connectivity index (χ3v) is 7.49. The highest BCUT2D eigenvalue weighted by atomic mass is 32.2. The predicted molar refractivity (Wildman–Crippen MR) is 120 cm³/mol. The molecule has 3 heterocycles. The van der Waals surface area contributed by atoms with Gasteiger partial charge in [0.05, 0.1) is 23.9 Å². The van der Waals surface area contributed by atoms with Crippen molar-refractivity contribution in [2.45, 2.75) is 31.3 Å². The molecule has 154 valence electrons. The van der Waals surface area contributed by atoms with Crippen LogP contribution in [0.5, 0.6) is 5.75 Å². The number of thiophene rings is 1. The largest absolute Gasteiger partial charge is 0.495 e. The molecule has 1 atom stereocenters. The van der Waals surface area contributed by atoms with Crippen LogP contribution in [0.4, 0.5) is 5.69 Å². The van der Waals surface area contributed by atoms with Crippen molar-refractivity contribution in [2.75, 3.05) is 18.2 Å². The second-order valence-corrected chi connectivity index (χ2v) is 9.52. The molecule has 0 saturated heterocycles. The second kappa shape index (κ2) is 7.88. The first-order valence-electron chi connectivity index (χ1n) is 9.83. The van der Waals surface area contributed by atoms with Crippen LogP contribution in [0.3, 0.4) is 0 Å². The highest BCUT2D eigenvalue weighted by Crippen LogP contribution is 2.39. The molecule has 1 N–H and O–H groups in total. The standard InChI is InChI=1S/C21H21N5O2S2/c1-12-7-8-13-16(9-12)30-20-18(13)19-24-25-21(26(19)11-22-20)29-10-17(27)23-14-5-3-4-6-15(14)28-2/h3-6,11-12H,7-10H2,1-2H3,(H,23,27)/t12-/m1/s1. The van der Waals surface area contributed by atoms with Gasteiger partial charge in [-0.3, -0.25) is 9.20 Å². The molecule has 0 saturated carbocycles. The van der Waals surface area contributed by atoms with Crippen molar-refractivity contribution < 1.29 is 9.53 Å². The molecule has 0 bridgehead atoms. The van der Waals surface area contributed by atoms with Gasteiger partial charge in [-0.25, -0.2) is 4.98 Å². The van der Waals surface area contributed by atoms with Gasteiger partial charge in [0.25, 0.3) is 0 Å². The van der Waals surface area contributed by atoms with E-state index in [0.29, 0.717) is 22.5 Å². The van der Waals surface area contributed by atoms with Gasteiger partial charge in [0.1, 0.15) is 16.9 Å². The number of amides is 1. The van der Waals surface area contributed by atoms with Crippen molar-refractivity contribution in [2.24, 2.45) is 5.92 Å². The second-order valence-electron chi connectivity index (χ2n) is 7.49. The number of carbonyl (C=O) groups excluding carboxylic acids is 1. The summed E-state index contributed by atoms with van der Waals surface area (Å²) in [6.45, 7) is 2.30. The first-order valence-corrected chi connectivity index (χ1v) is 11.6. The van der Waals surface area contributed by atoms with E-state index < -0.39 is 0 Å². The van der Waals surface area contributed by atoms with Crippen LogP contribution in [-0.4, -0.2) is 38.4 Å². The molecule has 5 rings (SSSR count). The van der Waals surface area contributed by atoms with Crippen molar-refractivity contribution in [3.8, 4) is 5.75 Å². The maximum atomic E-state index is 12.4. The summed E-state index contributed by atoms with van der Waals surface area (Å²) in [5.41, 5.74) is 2.86. The van der Waals surface area contributed by atoms with Gasteiger partial charge in [0, 0.05) is 4.88 Å². The van der Waals surface area contributed by atoms with Gasteiger partial charge >= 0.3 is 0 Å². The molecular weight excluding hydrogens is 418 g/mol. The molecule has 4 aromatic rings. The minimum atomic E-state index is -0.128. The van der Waals surface area contributed by atoms with Gasteiger partial charge in [-0.1, -0.05) is 30.8 Å². The number of benzene rings is 1. The Morgan fingerprint density at radius 3 is 3.10 bits per heavy atom. The predicted octanol–water partition coefficient (Wildman–Crippen LogP) is 4.20. The molecule has 9 heteroatoms. The summed E-state index contributed by atoms with van der Waals surface area (Å²) in [5.74, 6) is 1.44. The van der Waals surface area contributed by atoms with Crippen LogP contribution in [-0.2, 0) is 17.6 Å². The van der Waals surface area contributed by atoms with Crippen LogP contribution in [0, 0.1) is 5.92 Å². The number of hydrogen-bond acceptors (Lipinski definition) is 7. The van der Waals surface area contributed by atoms with E-state index in [9.17, 15) is 4.79 Å². The Kier molecular flexibility index (Phi) is 5.08. The quantitative estimate of drug-likeness (QED) is 0.469. The van der Waals surface area contributed by atoms with Crippen LogP contribution in [0.2, 0.25) is 0 Å². The topological polar surface area (TPSA) is 81.4 Å². The van der Waals surface area contributed by atoms with Gasteiger partial charge < -0.3 is 10.1 Å². The Morgan fingerprint density at radius 2 is 2.23 bits per heavy atom. The molecule has 1 aliphatic carbocycles. The van der Waals surface area contributed by atoms with Crippen molar-refractivity contribution in [1.29, 1.82) is 0 Å². The average molecular weight is 440 g/mol. The van der Waals surface area contributed by atoms with E-state index in [4.69, 9.17) is 4.74 Å². The number of methoxy groups -OCH3 is 1.